The van der Waals surface area contributed by atoms with E-state index in [2.05, 4.69) is 41.5 Å². The average molecular weight is 549 g/mol. The summed E-state index contributed by atoms with van der Waals surface area (Å²) in [4.78, 5) is 11.8. The molecule has 2 atom stereocenters. The van der Waals surface area contributed by atoms with Crippen molar-refractivity contribution in [3.05, 3.63) is 6.92 Å². The molecule has 6 heteroatoms. The van der Waals surface area contributed by atoms with E-state index >= 15 is 0 Å². The Bertz CT molecular complexity index is 389. The first-order valence-electron chi connectivity index (χ1n) is 14.3. The molecule has 0 saturated carbocycles. The molecule has 0 aliphatic rings. The van der Waals surface area contributed by atoms with Gasteiger partial charge in [-0.3, -0.25) is 4.57 Å². The third kappa shape index (κ3) is 28.8. The number of hydrogen-bond acceptors (Lipinski definition) is 4. The third-order valence-electron chi connectivity index (χ3n) is 6.38. The first-order valence-corrected chi connectivity index (χ1v) is 15.8. The molecule has 0 aliphatic heterocycles. The maximum Gasteiger partial charge on any atom is 2.00 e. The molecule has 4 nitrogen and oxygen atoms in total. The SMILES string of the molecule is CCCCC(CC)COP(=O)([O-])OCC(CC)CCCC.[CH2-]CCCCCCCCCCC.[Ni+2]. The smallest absolute Gasteiger partial charge is 0.756 e. The summed E-state index contributed by atoms with van der Waals surface area (Å²) in [6, 6.07) is 0. The second-order valence-corrected chi connectivity index (χ2v) is 11.0. The average Bonchev–Trinajstić information content (AvgIpc) is 2.81. The molecular weight excluding hydrogens is 490 g/mol. The maximum absolute atomic E-state index is 11.8. The van der Waals surface area contributed by atoms with Gasteiger partial charge in [0.25, 0.3) is 7.82 Å². The van der Waals surface area contributed by atoms with Crippen LogP contribution in [0.1, 0.15) is 150 Å². The van der Waals surface area contributed by atoms with Crippen molar-refractivity contribution in [1.29, 1.82) is 0 Å². The Morgan fingerprint density at radius 2 is 1.00 bits per heavy atom. The molecule has 0 N–H and O–H groups in total. The van der Waals surface area contributed by atoms with Crippen LogP contribution in [0.4, 0.5) is 0 Å². The second-order valence-electron chi connectivity index (χ2n) is 9.55. The largest absolute Gasteiger partial charge is 2.00 e. The predicted octanol–water partition coefficient (Wildman–Crippen LogP) is 9.66. The monoisotopic (exact) mass is 548 g/mol. The Balaban J connectivity index is -0.000000632. The summed E-state index contributed by atoms with van der Waals surface area (Å²) >= 11 is 0. The van der Waals surface area contributed by atoms with Gasteiger partial charge in [-0.1, -0.05) is 131 Å². The summed E-state index contributed by atoms with van der Waals surface area (Å²) in [6.07, 6.45) is 22.3. The quantitative estimate of drug-likeness (QED) is 0.0551. The van der Waals surface area contributed by atoms with Crippen LogP contribution in [-0.2, 0) is 30.1 Å². The molecule has 0 spiro atoms. The topological polar surface area (TPSA) is 58.6 Å². The molecule has 0 fully saturated rings. The van der Waals surface area contributed by atoms with E-state index in [1.807, 2.05) is 0 Å². The minimum Gasteiger partial charge on any atom is -0.756 e. The van der Waals surface area contributed by atoms with Crippen molar-refractivity contribution in [2.24, 2.45) is 11.8 Å². The Kier molecular flexibility index (Phi) is 34.3. The first kappa shape index (κ1) is 39.1. The van der Waals surface area contributed by atoms with Crippen molar-refractivity contribution in [2.45, 2.75) is 150 Å². The minimum atomic E-state index is -4.14. The van der Waals surface area contributed by atoms with Crippen LogP contribution in [0, 0.1) is 18.8 Å². The molecule has 0 aliphatic carbocycles. The van der Waals surface area contributed by atoms with Crippen molar-refractivity contribution in [3.8, 4) is 0 Å². The van der Waals surface area contributed by atoms with E-state index in [9.17, 15) is 9.46 Å². The van der Waals surface area contributed by atoms with Gasteiger partial charge in [-0.2, -0.15) is 6.42 Å². The van der Waals surface area contributed by atoms with Crippen molar-refractivity contribution in [3.63, 3.8) is 0 Å². The van der Waals surface area contributed by atoms with Crippen LogP contribution in [0.5, 0.6) is 0 Å². The van der Waals surface area contributed by atoms with Gasteiger partial charge in [0, 0.05) is 0 Å². The normalized spacial score (nSPS) is 14.4. The molecule has 0 saturated heterocycles. The molecule has 0 aromatic heterocycles. The van der Waals surface area contributed by atoms with Gasteiger partial charge in [0.1, 0.15) is 0 Å². The van der Waals surface area contributed by atoms with E-state index in [0.717, 1.165) is 57.8 Å². The second kappa shape index (κ2) is 29.8. The van der Waals surface area contributed by atoms with Gasteiger partial charge in [-0.05, 0) is 24.7 Å². The van der Waals surface area contributed by atoms with Crippen LogP contribution in [0.3, 0.4) is 0 Å². The number of phosphoric acid groups is 1. The summed E-state index contributed by atoms with van der Waals surface area (Å²) < 4.78 is 21.9. The summed E-state index contributed by atoms with van der Waals surface area (Å²) in [7, 11) is -4.14. The van der Waals surface area contributed by atoms with Gasteiger partial charge in [0.15, 0.2) is 0 Å². The number of rotatable bonds is 23. The molecule has 0 rings (SSSR count). The molecule has 34 heavy (non-hydrogen) atoms. The zero-order valence-electron chi connectivity index (χ0n) is 23.4. The maximum atomic E-state index is 11.8. The van der Waals surface area contributed by atoms with E-state index in [1.54, 1.807) is 0 Å². The Morgan fingerprint density at radius 3 is 1.32 bits per heavy atom. The standard InChI is InChI=1S/C16H35O4P.C12H25.Ni/c1-5-9-11-15(7-3)13-19-21(17,18)20-14-16(8-4)12-10-6-2;1-3-5-7-9-11-12-10-8-6-4-2;/h15-16H,5-14H2,1-4H3,(H,17,18);1,3-12H2,2H3;/q;-1;+2/p-1. The first-order chi connectivity index (χ1) is 15.9. The van der Waals surface area contributed by atoms with E-state index in [4.69, 9.17) is 9.05 Å². The molecule has 0 amide bonds. The van der Waals surface area contributed by atoms with E-state index < -0.39 is 7.82 Å². The molecule has 2 unspecified atom stereocenters. The van der Waals surface area contributed by atoms with Crippen molar-refractivity contribution < 1.29 is 35.0 Å². The minimum absolute atomic E-state index is 0. The van der Waals surface area contributed by atoms with Crippen molar-refractivity contribution >= 4 is 7.82 Å². The van der Waals surface area contributed by atoms with Crippen molar-refractivity contribution in [2.75, 3.05) is 13.2 Å². The van der Waals surface area contributed by atoms with E-state index in [1.165, 1.54) is 57.8 Å². The molecule has 0 radical (unpaired) electrons. The summed E-state index contributed by atoms with van der Waals surface area (Å²) in [5.41, 5.74) is 0. The molecule has 0 heterocycles. The zero-order valence-corrected chi connectivity index (χ0v) is 25.3. The fourth-order valence-electron chi connectivity index (χ4n) is 3.71. The van der Waals surface area contributed by atoms with Gasteiger partial charge in [0.2, 0.25) is 0 Å². The number of unbranched alkanes of at least 4 members (excludes halogenated alkanes) is 11. The van der Waals surface area contributed by atoms with Crippen LogP contribution < -0.4 is 4.89 Å². The summed E-state index contributed by atoms with van der Waals surface area (Å²) in [6.45, 7) is 15.0. The summed E-state index contributed by atoms with van der Waals surface area (Å²) in [5, 5.41) is 0. The fraction of sp³-hybridized carbons (Fsp3) is 0.964. The third-order valence-corrected chi connectivity index (χ3v) is 7.31. The van der Waals surface area contributed by atoms with Crippen LogP contribution in [0.2, 0.25) is 0 Å². The molecule has 0 aromatic rings. The molecule has 0 bridgehead atoms. The van der Waals surface area contributed by atoms with Crippen LogP contribution >= 0.6 is 7.82 Å². The van der Waals surface area contributed by atoms with E-state index in [0.29, 0.717) is 11.8 Å². The molecule has 210 valence electrons. The van der Waals surface area contributed by atoms with Crippen LogP contribution in [0.25, 0.3) is 0 Å². The van der Waals surface area contributed by atoms with Gasteiger partial charge in [-0.25, -0.2) is 0 Å². The molecule has 0 aromatic carbocycles. The van der Waals surface area contributed by atoms with E-state index in [-0.39, 0.29) is 29.7 Å². The number of phosphoric ester groups is 1. The van der Waals surface area contributed by atoms with Gasteiger partial charge < -0.3 is 20.9 Å². The summed E-state index contributed by atoms with van der Waals surface area (Å²) in [5.74, 6) is 0.607. The van der Waals surface area contributed by atoms with Gasteiger partial charge in [0.05, 0.1) is 13.2 Å². The number of hydrogen-bond donors (Lipinski definition) is 0. The van der Waals surface area contributed by atoms with Gasteiger partial charge in [-0.15, -0.1) is 0 Å². The Hall–Kier alpha value is 0.604. The Morgan fingerprint density at radius 1 is 0.647 bits per heavy atom. The Labute approximate surface area is 224 Å². The van der Waals surface area contributed by atoms with Crippen molar-refractivity contribution in [1.82, 2.24) is 0 Å². The fourth-order valence-corrected chi connectivity index (χ4v) is 4.58. The zero-order chi connectivity index (χ0) is 25.2. The van der Waals surface area contributed by atoms with Crippen LogP contribution in [-0.4, -0.2) is 13.2 Å². The predicted molar refractivity (Wildman–Crippen MR) is 143 cm³/mol. The van der Waals surface area contributed by atoms with Gasteiger partial charge >= 0.3 is 16.5 Å². The molecular formula is C28H59NiO4P. The van der Waals surface area contributed by atoms with Crippen LogP contribution in [0.15, 0.2) is 0 Å².